The van der Waals surface area contributed by atoms with Crippen LogP contribution in [0.25, 0.3) is 0 Å². The Balaban J connectivity index is 1.98. The lowest BCUT2D eigenvalue weighted by Crippen LogP contribution is -2.24. The van der Waals surface area contributed by atoms with E-state index >= 15 is 0 Å². The molecule has 1 aliphatic rings. The zero-order valence-corrected chi connectivity index (χ0v) is 18.2. The van der Waals surface area contributed by atoms with Gasteiger partial charge in [-0.3, -0.25) is 4.79 Å². The zero-order valence-electron chi connectivity index (χ0n) is 17.5. The molecule has 7 heteroatoms. The molecule has 3 rings (SSSR count). The molecule has 0 saturated carbocycles. The number of esters is 1. The highest BCUT2D eigenvalue weighted by Gasteiger charge is 2.29. The van der Waals surface area contributed by atoms with Crippen molar-refractivity contribution < 1.29 is 28.9 Å². The zero-order chi connectivity index (χ0) is 22.1. The van der Waals surface area contributed by atoms with Crippen LogP contribution in [0, 0.1) is 0 Å². The fraction of sp³-hybridized carbons (Fsp3) is 0.391. The van der Waals surface area contributed by atoms with Gasteiger partial charge in [0.15, 0.2) is 0 Å². The highest BCUT2D eigenvalue weighted by Crippen LogP contribution is 2.42. The number of ether oxygens (including phenoxy) is 3. The third-order valence-corrected chi connectivity index (χ3v) is 4.99. The number of rotatable bonds is 5. The molecule has 0 fully saturated rings. The number of carbonyl (C=O) groups is 2. The van der Waals surface area contributed by atoms with E-state index in [2.05, 4.69) is 0 Å². The van der Waals surface area contributed by atoms with Crippen LogP contribution in [-0.2, 0) is 16.0 Å². The van der Waals surface area contributed by atoms with E-state index in [1.165, 1.54) is 0 Å². The molecular weight excluding hydrogens is 408 g/mol. The molecule has 160 valence electrons. The first-order chi connectivity index (χ1) is 14.1. The van der Waals surface area contributed by atoms with E-state index in [0.717, 1.165) is 12.0 Å². The van der Waals surface area contributed by atoms with Gasteiger partial charge in [0.25, 0.3) is 0 Å². The molecule has 1 unspecified atom stereocenters. The Bertz CT molecular complexity index is 976. The van der Waals surface area contributed by atoms with Gasteiger partial charge in [-0.2, -0.15) is 0 Å². The lowest BCUT2D eigenvalue weighted by atomic mass is 9.93. The van der Waals surface area contributed by atoms with Crippen molar-refractivity contribution in [1.82, 2.24) is 0 Å². The Morgan fingerprint density at radius 2 is 1.93 bits per heavy atom. The topological polar surface area (TPSA) is 82.1 Å². The Morgan fingerprint density at radius 1 is 1.20 bits per heavy atom. The van der Waals surface area contributed by atoms with Gasteiger partial charge in [0, 0.05) is 11.6 Å². The highest BCUT2D eigenvalue weighted by atomic mass is 35.5. The van der Waals surface area contributed by atoms with E-state index in [1.807, 2.05) is 13.0 Å². The largest absolute Gasteiger partial charge is 0.493 e. The minimum atomic E-state index is -0.924. The van der Waals surface area contributed by atoms with E-state index in [0.29, 0.717) is 35.7 Å². The minimum Gasteiger partial charge on any atom is -0.493 e. The second-order valence-corrected chi connectivity index (χ2v) is 8.54. The van der Waals surface area contributed by atoms with Gasteiger partial charge >= 0.3 is 11.9 Å². The number of hydrogen-bond donors (Lipinski definition) is 1. The average molecular weight is 433 g/mol. The van der Waals surface area contributed by atoms with Crippen molar-refractivity contribution in [2.75, 3.05) is 6.61 Å². The summed E-state index contributed by atoms with van der Waals surface area (Å²) in [6, 6.07) is 8.44. The molecule has 0 aliphatic carbocycles. The normalized spacial score (nSPS) is 15.7. The molecule has 30 heavy (non-hydrogen) atoms. The fourth-order valence-electron chi connectivity index (χ4n) is 3.22. The second-order valence-electron chi connectivity index (χ2n) is 8.14. The molecule has 1 N–H and O–H groups in total. The summed E-state index contributed by atoms with van der Waals surface area (Å²) < 4.78 is 17.1. The number of aliphatic carboxylic acids is 1. The minimum absolute atomic E-state index is 0.236. The van der Waals surface area contributed by atoms with Crippen molar-refractivity contribution in [1.29, 1.82) is 0 Å². The van der Waals surface area contributed by atoms with Crippen molar-refractivity contribution in [3.63, 3.8) is 0 Å². The van der Waals surface area contributed by atoms with Crippen LogP contribution in [0.1, 0.15) is 61.5 Å². The van der Waals surface area contributed by atoms with E-state index in [4.69, 9.17) is 25.8 Å². The molecule has 1 aliphatic heterocycles. The summed E-state index contributed by atoms with van der Waals surface area (Å²) in [4.78, 5) is 24.3. The van der Waals surface area contributed by atoms with Crippen LogP contribution in [0.5, 0.6) is 17.2 Å². The SMILES string of the molecule is CCc1ccc(Oc2cc3c(cc2Cl)C(C(=O)O)CCO3)c(C(=O)OC(C)(C)C)c1. The van der Waals surface area contributed by atoms with Gasteiger partial charge in [-0.25, -0.2) is 4.79 Å². The Morgan fingerprint density at radius 3 is 2.57 bits per heavy atom. The van der Waals surface area contributed by atoms with Gasteiger partial charge in [0.1, 0.15) is 28.4 Å². The Kier molecular flexibility index (Phi) is 6.27. The summed E-state index contributed by atoms with van der Waals surface area (Å²) in [5.41, 5.74) is 1.12. The predicted molar refractivity (Wildman–Crippen MR) is 113 cm³/mol. The average Bonchev–Trinajstić information content (AvgIpc) is 2.66. The summed E-state index contributed by atoms with van der Waals surface area (Å²) in [5, 5.41) is 9.68. The number of halogens is 1. The third-order valence-electron chi connectivity index (χ3n) is 4.69. The van der Waals surface area contributed by atoms with Crippen LogP contribution >= 0.6 is 11.6 Å². The molecule has 2 aromatic carbocycles. The van der Waals surface area contributed by atoms with Gasteiger partial charge in [0.2, 0.25) is 0 Å². The number of benzene rings is 2. The van der Waals surface area contributed by atoms with Crippen molar-refractivity contribution in [3.8, 4) is 17.2 Å². The smallest absolute Gasteiger partial charge is 0.342 e. The molecular formula is C23H25ClO6. The molecule has 2 aromatic rings. The highest BCUT2D eigenvalue weighted by molar-refractivity contribution is 6.32. The van der Waals surface area contributed by atoms with Gasteiger partial charge < -0.3 is 19.3 Å². The monoisotopic (exact) mass is 432 g/mol. The number of carbonyl (C=O) groups excluding carboxylic acids is 1. The molecule has 0 radical (unpaired) electrons. The molecule has 1 heterocycles. The first-order valence-electron chi connectivity index (χ1n) is 9.82. The van der Waals surface area contributed by atoms with Crippen LogP contribution < -0.4 is 9.47 Å². The summed E-state index contributed by atoms with van der Waals surface area (Å²) in [5.74, 6) is -1.11. The maximum Gasteiger partial charge on any atom is 0.342 e. The van der Waals surface area contributed by atoms with E-state index in [9.17, 15) is 14.7 Å². The van der Waals surface area contributed by atoms with Crippen molar-refractivity contribution >= 4 is 23.5 Å². The van der Waals surface area contributed by atoms with Crippen LogP contribution in [0.4, 0.5) is 0 Å². The van der Waals surface area contributed by atoms with Gasteiger partial charge in [-0.05, 0) is 57.4 Å². The summed E-state index contributed by atoms with van der Waals surface area (Å²) in [7, 11) is 0. The maximum atomic E-state index is 12.7. The van der Waals surface area contributed by atoms with Gasteiger partial charge in [0.05, 0.1) is 17.5 Å². The maximum absolute atomic E-state index is 12.7. The first-order valence-corrected chi connectivity index (χ1v) is 10.2. The number of carboxylic acid groups (broad SMARTS) is 1. The van der Waals surface area contributed by atoms with Crippen LogP contribution in [0.3, 0.4) is 0 Å². The molecule has 0 bridgehead atoms. The third kappa shape index (κ3) is 4.87. The lowest BCUT2D eigenvalue weighted by molar-refractivity contribution is -0.139. The van der Waals surface area contributed by atoms with Crippen molar-refractivity contribution in [3.05, 3.63) is 52.0 Å². The molecule has 0 aromatic heterocycles. The number of fused-ring (bicyclic) bond motifs is 1. The van der Waals surface area contributed by atoms with Crippen LogP contribution in [-0.4, -0.2) is 29.3 Å². The summed E-state index contributed by atoms with van der Waals surface area (Å²) in [6.07, 6.45) is 1.13. The van der Waals surface area contributed by atoms with Gasteiger partial charge in [-0.1, -0.05) is 24.6 Å². The van der Waals surface area contributed by atoms with E-state index < -0.39 is 23.5 Å². The molecule has 6 nitrogen and oxygen atoms in total. The molecule has 0 saturated heterocycles. The number of carboxylic acids is 1. The van der Waals surface area contributed by atoms with Crippen molar-refractivity contribution in [2.24, 2.45) is 0 Å². The molecule has 1 atom stereocenters. The standard InChI is InChI=1S/C23H25ClO6/c1-5-13-6-7-18(16(10-13)22(27)30-23(2,3)4)29-20-12-19-15(11-17(20)24)14(21(25)26)8-9-28-19/h6-7,10-12,14H,5,8-9H2,1-4H3,(H,25,26). The van der Waals surface area contributed by atoms with E-state index in [-0.39, 0.29) is 10.8 Å². The first kappa shape index (κ1) is 22.0. The van der Waals surface area contributed by atoms with E-state index in [1.54, 1.807) is 45.0 Å². The number of hydrogen-bond acceptors (Lipinski definition) is 5. The quantitative estimate of drug-likeness (QED) is 0.619. The summed E-state index contributed by atoms with van der Waals surface area (Å²) >= 11 is 6.39. The number of aryl methyl sites for hydroxylation is 1. The van der Waals surface area contributed by atoms with Crippen LogP contribution in [0.2, 0.25) is 5.02 Å². The van der Waals surface area contributed by atoms with Crippen LogP contribution in [0.15, 0.2) is 30.3 Å². The second kappa shape index (κ2) is 8.56. The molecule has 0 amide bonds. The Labute approximate surface area is 180 Å². The summed E-state index contributed by atoms with van der Waals surface area (Å²) in [6.45, 7) is 7.67. The Hall–Kier alpha value is -2.73. The predicted octanol–water partition coefficient (Wildman–Crippen LogP) is 5.60. The van der Waals surface area contributed by atoms with Gasteiger partial charge in [-0.15, -0.1) is 0 Å². The fourth-order valence-corrected chi connectivity index (χ4v) is 3.43. The van der Waals surface area contributed by atoms with Crippen molar-refractivity contribution in [2.45, 2.75) is 52.1 Å². The molecule has 0 spiro atoms. The lowest BCUT2D eigenvalue weighted by Gasteiger charge is -2.24.